The van der Waals surface area contributed by atoms with Gasteiger partial charge in [0.1, 0.15) is 5.92 Å². The molecule has 14 heavy (non-hydrogen) atoms. The summed E-state index contributed by atoms with van der Waals surface area (Å²) in [5.41, 5.74) is 0.590. The highest BCUT2D eigenvalue weighted by molar-refractivity contribution is 7.08. The standard InChI is InChI=1S/C10H12O3S/c1-3-8(10(12)13-2)9(11)7-4-5-14-6-7/h4-6,8H,3H2,1-2H3. The van der Waals surface area contributed by atoms with Crippen LogP contribution in [0.4, 0.5) is 0 Å². The van der Waals surface area contributed by atoms with Crippen molar-refractivity contribution in [2.75, 3.05) is 7.11 Å². The van der Waals surface area contributed by atoms with Crippen molar-refractivity contribution in [3.63, 3.8) is 0 Å². The molecule has 0 aliphatic rings. The van der Waals surface area contributed by atoms with Gasteiger partial charge in [-0.2, -0.15) is 11.3 Å². The number of carbonyl (C=O) groups excluding carboxylic acids is 2. The molecule has 0 aliphatic carbocycles. The highest BCUT2D eigenvalue weighted by atomic mass is 32.1. The van der Waals surface area contributed by atoms with E-state index in [-0.39, 0.29) is 5.78 Å². The van der Waals surface area contributed by atoms with E-state index in [0.29, 0.717) is 12.0 Å². The Labute approximate surface area is 86.7 Å². The van der Waals surface area contributed by atoms with Crippen LogP contribution in [0.25, 0.3) is 0 Å². The molecular weight excluding hydrogens is 200 g/mol. The molecule has 0 saturated heterocycles. The maximum absolute atomic E-state index is 11.7. The van der Waals surface area contributed by atoms with E-state index in [1.165, 1.54) is 18.4 Å². The molecule has 0 saturated carbocycles. The molecule has 1 aromatic rings. The van der Waals surface area contributed by atoms with Crippen molar-refractivity contribution in [2.24, 2.45) is 5.92 Å². The number of thiophene rings is 1. The quantitative estimate of drug-likeness (QED) is 0.436. The summed E-state index contributed by atoms with van der Waals surface area (Å²) in [5.74, 6) is -1.26. The first-order chi connectivity index (χ1) is 6.70. The van der Waals surface area contributed by atoms with Gasteiger partial charge in [0, 0.05) is 10.9 Å². The van der Waals surface area contributed by atoms with Crippen LogP contribution >= 0.6 is 11.3 Å². The zero-order valence-corrected chi connectivity index (χ0v) is 8.97. The van der Waals surface area contributed by atoms with Crippen LogP contribution in [0.3, 0.4) is 0 Å². The molecule has 1 aromatic heterocycles. The highest BCUT2D eigenvalue weighted by Crippen LogP contribution is 2.16. The largest absolute Gasteiger partial charge is 0.468 e. The summed E-state index contributed by atoms with van der Waals surface area (Å²) in [5, 5.41) is 3.56. The predicted molar refractivity (Wildman–Crippen MR) is 54.4 cm³/mol. The smallest absolute Gasteiger partial charge is 0.316 e. The van der Waals surface area contributed by atoms with Gasteiger partial charge in [0.25, 0.3) is 0 Å². The highest BCUT2D eigenvalue weighted by Gasteiger charge is 2.26. The van der Waals surface area contributed by atoms with Gasteiger partial charge in [-0.3, -0.25) is 9.59 Å². The Kier molecular flexibility index (Phi) is 3.83. The molecule has 0 spiro atoms. The van der Waals surface area contributed by atoms with Crippen molar-refractivity contribution < 1.29 is 14.3 Å². The fraction of sp³-hybridized carbons (Fsp3) is 0.400. The monoisotopic (exact) mass is 212 g/mol. The lowest BCUT2D eigenvalue weighted by molar-refractivity contribution is -0.143. The van der Waals surface area contributed by atoms with E-state index in [1.54, 1.807) is 18.4 Å². The van der Waals surface area contributed by atoms with E-state index < -0.39 is 11.9 Å². The minimum Gasteiger partial charge on any atom is -0.468 e. The van der Waals surface area contributed by atoms with E-state index >= 15 is 0 Å². The van der Waals surface area contributed by atoms with Crippen LogP contribution in [0.1, 0.15) is 23.7 Å². The Hall–Kier alpha value is -1.16. The normalized spacial score (nSPS) is 12.1. The zero-order chi connectivity index (χ0) is 10.6. The van der Waals surface area contributed by atoms with Crippen molar-refractivity contribution in [3.8, 4) is 0 Å². The predicted octanol–water partition coefficient (Wildman–Crippen LogP) is 2.13. The van der Waals surface area contributed by atoms with Gasteiger partial charge in [-0.15, -0.1) is 0 Å². The maximum atomic E-state index is 11.7. The van der Waals surface area contributed by atoms with Gasteiger partial charge in [-0.05, 0) is 17.9 Å². The molecular formula is C10H12O3S. The summed E-state index contributed by atoms with van der Waals surface area (Å²) < 4.78 is 4.57. The van der Waals surface area contributed by atoms with Crippen molar-refractivity contribution in [1.82, 2.24) is 0 Å². The Morgan fingerprint density at radius 3 is 2.71 bits per heavy atom. The van der Waals surface area contributed by atoms with Gasteiger partial charge < -0.3 is 4.74 Å². The first-order valence-electron chi connectivity index (χ1n) is 4.35. The van der Waals surface area contributed by atoms with Crippen LogP contribution in [-0.2, 0) is 9.53 Å². The van der Waals surface area contributed by atoms with Crippen LogP contribution in [0.5, 0.6) is 0 Å². The molecule has 0 bridgehead atoms. The van der Waals surface area contributed by atoms with Crippen LogP contribution in [-0.4, -0.2) is 18.9 Å². The SMILES string of the molecule is CCC(C(=O)OC)C(=O)c1ccsc1. The van der Waals surface area contributed by atoms with Crippen molar-refractivity contribution in [1.29, 1.82) is 0 Å². The number of hydrogen-bond donors (Lipinski definition) is 0. The third kappa shape index (κ3) is 2.20. The second-order valence-electron chi connectivity index (χ2n) is 2.86. The molecule has 0 aromatic carbocycles. The summed E-state index contributed by atoms with van der Waals surface area (Å²) in [6.45, 7) is 1.80. The molecule has 0 amide bonds. The molecule has 3 nitrogen and oxygen atoms in total. The van der Waals surface area contributed by atoms with Crippen LogP contribution < -0.4 is 0 Å². The Bertz CT molecular complexity index is 316. The van der Waals surface area contributed by atoms with E-state index in [9.17, 15) is 9.59 Å². The topological polar surface area (TPSA) is 43.4 Å². The fourth-order valence-electron chi connectivity index (χ4n) is 1.21. The molecule has 1 heterocycles. The first-order valence-corrected chi connectivity index (χ1v) is 5.29. The van der Waals surface area contributed by atoms with Gasteiger partial charge in [0.15, 0.2) is 5.78 Å². The van der Waals surface area contributed by atoms with Gasteiger partial charge in [0.05, 0.1) is 7.11 Å². The van der Waals surface area contributed by atoms with Gasteiger partial charge in [0.2, 0.25) is 0 Å². The third-order valence-corrected chi connectivity index (χ3v) is 2.70. The molecule has 0 N–H and O–H groups in total. The summed E-state index contributed by atoms with van der Waals surface area (Å²) in [4.78, 5) is 23.0. The van der Waals surface area contributed by atoms with E-state index in [2.05, 4.69) is 4.74 Å². The van der Waals surface area contributed by atoms with Gasteiger partial charge >= 0.3 is 5.97 Å². The molecule has 76 valence electrons. The number of carbonyl (C=O) groups is 2. The molecule has 4 heteroatoms. The number of ketones is 1. The number of esters is 1. The van der Waals surface area contributed by atoms with Crippen LogP contribution in [0.15, 0.2) is 16.8 Å². The lowest BCUT2D eigenvalue weighted by Crippen LogP contribution is -2.24. The van der Waals surface area contributed by atoms with Crippen molar-refractivity contribution >= 4 is 23.1 Å². The molecule has 1 atom stereocenters. The first kappa shape index (κ1) is 10.9. The minimum atomic E-state index is -0.658. The second kappa shape index (κ2) is 4.91. The summed E-state index contributed by atoms with van der Waals surface area (Å²) >= 11 is 1.44. The Morgan fingerprint density at radius 2 is 2.29 bits per heavy atom. The average molecular weight is 212 g/mol. The number of methoxy groups -OCH3 is 1. The lowest BCUT2D eigenvalue weighted by Gasteiger charge is -2.09. The maximum Gasteiger partial charge on any atom is 0.316 e. The Balaban J connectivity index is 2.81. The number of Topliss-reactive ketones (excluding diaryl/α,β-unsaturated/α-hetero) is 1. The van der Waals surface area contributed by atoms with Crippen molar-refractivity contribution in [2.45, 2.75) is 13.3 Å². The van der Waals surface area contributed by atoms with Crippen LogP contribution in [0, 0.1) is 5.92 Å². The molecule has 0 radical (unpaired) electrons. The fourth-order valence-corrected chi connectivity index (χ4v) is 1.85. The summed E-state index contributed by atoms with van der Waals surface area (Å²) in [7, 11) is 1.30. The average Bonchev–Trinajstić information content (AvgIpc) is 2.71. The minimum absolute atomic E-state index is 0.152. The summed E-state index contributed by atoms with van der Waals surface area (Å²) in [6, 6.07) is 1.72. The van der Waals surface area contributed by atoms with E-state index in [4.69, 9.17) is 0 Å². The van der Waals surface area contributed by atoms with Crippen molar-refractivity contribution in [3.05, 3.63) is 22.4 Å². The molecule has 1 unspecified atom stereocenters. The van der Waals surface area contributed by atoms with Gasteiger partial charge in [-0.25, -0.2) is 0 Å². The number of ether oxygens (including phenoxy) is 1. The van der Waals surface area contributed by atoms with E-state index in [0.717, 1.165) is 0 Å². The lowest BCUT2D eigenvalue weighted by atomic mass is 9.97. The Morgan fingerprint density at radius 1 is 1.57 bits per heavy atom. The third-order valence-electron chi connectivity index (χ3n) is 2.02. The second-order valence-corrected chi connectivity index (χ2v) is 3.64. The molecule has 0 aliphatic heterocycles. The van der Waals surface area contributed by atoms with Crippen LogP contribution in [0.2, 0.25) is 0 Å². The zero-order valence-electron chi connectivity index (χ0n) is 8.15. The summed E-state index contributed by atoms with van der Waals surface area (Å²) in [6.07, 6.45) is 0.474. The molecule has 1 rings (SSSR count). The molecule has 0 fully saturated rings. The number of hydrogen-bond acceptors (Lipinski definition) is 4. The van der Waals surface area contributed by atoms with E-state index in [1.807, 2.05) is 5.38 Å². The number of rotatable bonds is 4. The van der Waals surface area contributed by atoms with Gasteiger partial charge in [-0.1, -0.05) is 6.92 Å².